The van der Waals surface area contributed by atoms with E-state index in [9.17, 15) is 27.8 Å². The average molecular weight is 505 g/mol. The van der Waals surface area contributed by atoms with Crippen molar-refractivity contribution in [3.63, 3.8) is 0 Å². The van der Waals surface area contributed by atoms with Gasteiger partial charge in [0, 0.05) is 5.56 Å². The highest BCUT2D eigenvalue weighted by molar-refractivity contribution is 5.67. The van der Waals surface area contributed by atoms with Gasteiger partial charge in [0.25, 0.3) is 0 Å². The van der Waals surface area contributed by atoms with Crippen LogP contribution in [-0.4, -0.2) is 16.3 Å². The van der Waals surface area contributed by atoms with Crippen LogP contribution in [0.3, 0.4) is 0 Å². The molecule has 6 heteroatoms. The molecule has 0 saturated heterocycles. The highest BCUT2D eigenvalue weighted by Gasteiger charge is 2.27. The fourth-order valence-electron chi connectivity index (χ4n) is 6.00. The molecule has 0 aromatic heterocycles. The summed E-state index contributed by atoms with van der Waals surface area (Å²) in [5.41, 5.74) is 1.81. The monoisotopic (exact) mass is 504 g/mol. The molecular weight excluding hydrogens is 468 g/mol. The molecule has 4 rings (SSSR count). The molecule has 0 heterocycles. The maximum atomic E-state index is 15.0. The van der Waals surface area contributed by atoms with E-state index in [1.807, 2.05) is 13.0 Å². The first-order valence-electron chi connectivity index (χ1n) is 13.3. The molecule has 2 N–H and O–H groups in total. The Morgan fingerprint density at radius 2 is 1.64 bits per heavy atom. The molecule has 1 saturated carbocycles. The molecule has 196 valence electrons. The summed E-state index contributed by atoms with van der Waals surface area (Å²) in [5, 5.41) is 19.6. The van der Waals surface area contributed by atoms with Gasteiger partial charge in [0.2, 0.25) is 5.82 Å². The van der Waals surface area contributed by atoms with Gasteiger partial charge in [-0.25, -0.2) is 13.2 Å². The zero-order valence-corrected chi connectivity index (χ0v) is 20.9. The second-order valence-electron chi connectivity index (χ2n) is 10.6. The van der Waals surface area contributed by atoms with Crippen LogP contribution >= 0.6 is 0 Å². The van der Waals surface area contributed by atoms with Crippen LogP contribution in [-0.2, 0) is 6.42 Å². The SMILES string of the molecule is CCCC(O)C1CC=C(c2ccc(CCC3CCC(c4ccc(O)c(F)c4F)CC3)c(F)c2F)CC1. The number of benzene rings is 2. The van der Waals surface area contributed by atoms with Gasteiger partial charge < -0.3 is 10.2 Å². The predicted molar refractivity (Wildman–Crippen MR) is 134 cm³/mol. The normalized spacial score (nSPS) is 23.4. The van der Waals surface area contributed by atoms with Crippen LogP contribution in [0.2, 0.25) is 0 Å². The molecule has 1 fully saturated rings. The molecule has 36 heavy (non-hydrogen) atoms. The lowest BCUT2D eigenvalue weighted by Crippen LogP contribution is -2.22. The van der Waals surface area contributed by atoms with E-state index < -0.39 is 29.0 Å². The lowest BCUT2D eigenvalue weighted by atomic mass is 9.76. The number of phenols is 1. The van der Waals surface area contributed by atoms with Crippen molar-refractivity contribution in [2.24, 2.45) is 11.8 Å². The Hall–Kier alpha value is -2.34. The summed E-state index contributed by atoms with van der Waals surface area (Å²) in [6.07, 6.45) is 9.57. The number of phenolic OH excluding ortho intramolecular Hbond substituents is 1. The van der Waals surface area contributed by atoms with Gasteiger partial charge in [-0.05, 0) is 105 Å². The molecule has 0 bridgehead atoms. The summed E-state index contributed by atoms with van der Waals surface area (Å²) >= 11 is 0. The maximum Gasteiger partial charge on any atom is 0.200 e. The van der Waals surface area contributed by atoms with Gasteiger partial charge >= 0.3 is 0 Å². The molecule has 2 aromatic carbocycles. The van der Waals surface area contributed by atoms with Crippen molar-refractivity contribution in [2.75, 3.05) is 0 Å². The molecular formula is C30H36F4O2. The molecule has 0 radical (unpaired) electrons. The topological polar surface area (TPSA) is 40.5 Å². The van der Waals surface area contributed by atoms with Crippen molar-refractivity contribution in [2.45, 2.75) is 89.6 Å². The van der Waals surface area contributed by atoms with Crippen LogP contribution in [0.1, 0.15) is 93.7 Å². The molecule has 2 aliphatic carbocycles. The quantitative estimate of drug-likeness (QED) is 0.356. The Kier molecular flexibility index (Phi) is 8.76. The summed E-state index contributed by atoms with van der Waals surface area (Å²) in [4.78, 5) is 0. The summed E-state index contributed by atoms with van der Waals surface area (Å²) < 4.78 is 57.9. The summed E-state index contributed by atoms with van der Waals surface area (Å²) in [7, 11) is 0. The zero-order chi connectivity index (χ0) is 25.8. The van der Waals surface area contributed by atoms with Gasteiger partial charge in [-0.2, -0.15) is 4.39 Å². The van der Waals surface area contributed by atoms with E-state index in [1.54, 1.807) is 12.1 Å². The van der Waals surface area contributed by atoms with Gasteiger partial charge in [-0.15, -0.1) is 0 Å². The van der Waals surface area contributed by atoms with E-state index in [4.69, 9.17) is 0 Å². The van der Waals surface area contributed by atoms with E-state index in [0.29, 0.717) is 61.1 Å². The Morgan fingerprint density at radius 3 is 2.31 bits per heavy atom. The summed E-state index contributed by atoms with van der Waals surface area (Å²) in [6.45, 7) is 2.04. The van der Waals surface area contributed by atoms with Gasteiger partial charge in [0.1, 0.15) is 0 Å². The third-order valence-electron chi connectivity index (χ3n) is 8.29. The van der Waals surface area contributed by atoms with Crippen LogP contribution in [0.5, 0.6) is 5.75 Å². The first kappa shape index (κ1) is 26.7. The number of rotatable bonds is 8. The average Bonchev–Trinajstić information content (AvgIpc) is 2.89. The summed E-state index contributed by atoms with van der Waals surface area (Å²) in [5.74, 6) is -4.03. The van der Waals surface area contributed by atoms with Gasteiger partial charge in [-0.1, -0.05) is 37.6 Å². The van der Waals surface area contributed by atoms with Crippen molar-refractivity contribution in [3.8, 4) is 5.75 Å². The Labute approximate surface area is 211 Å². The molecule has 0 spiro atoms. The number of hydrogen-bond acceptors (Lipinski definition) is 2. The van der Waals surface area contributed by atoms with E-state index >= 15 is 0 Å². The Bertz CT molecular complexity index is 1090. The molecule has 2 unspecified atom stereocenters. The lowest BCUT2D eigenvalue weighted by Gasteiger charge is -2.29. The van der Waals surface area contributed by atoms with Crippen molar-refractivity contribution in [1.29, 1.82) is 0 Å². The van der Waals surface area contributed by atoms with E-state index in [0.717, 1.165) is 37.7 Å². The second kappa shape index (κ2) is 11.8. The van der Waals surface area contributed by atoms with Crippen LogP contribution in [0, 0.1) is 35.1 Å². The fourth-order valence-corrected chi connectivity index (χ4v) is 6.00. The number of allylic oxidation sites excluding steroid dienone is 2. The third kappa shape index (κ3) is 5.80. The van der Waals surface area contributed by atoms with Crippen molar-refractivity contribution in [1.82, 2.24) is 0 Å². The van der Waals surface area contributed by atoms with Crippen LogP contribution in [0.4, 0.5) is 17.6 Å². The van der Waals surface area contributed by atoms with Gasteiger partial charge in [-0.3, -0.25) is 0 Å². The minimum absolute atomic E-state index is 0.101. The Balaban J connectivity index is 1.33. The number of halogens is 4. The Morgan fingerprint density at radius 1 is 0.889 bits per heavy atom. The lowest BCUT2D eigenvalue weighted by molar-refractivity contribution is 0.0934. The van der Waals surface area contributed by atoms with Crippen LogP contribution in [0.25, 0.3) is 5.57 Å². The van der Waals surface area contributed by atoms with E-state index in [1.165, 1.54) is 12.1 Å². The minimum atomic E-state index is -1.20. The van der Waals surface area contributed by atoms with Gasteiger partial charge in [0.05, 0.1) is 6.10 Å². The predicted octanol–water partition coefficient (Wildman–Crippen LogP) is 8.20. The van der Waals surface area contributed by atoms with Crippen LogP contribution in [0.15, 0.2) is 30.3 Å². The maximum absolute atomic E-state index is 15.0. The molecule has 2 nitrogen and oxygen atoms in total. The highest BCUT2D eigenvalue weighted by atomic mass is 19.2. The molecule has 0 amide bonds. The van der Waals surface area contributed by atoms with Crippen molar-refractivity contribution < 1.29 is 27.8 Å². The number of aliphatic hydroxyl groups is 1. The largest absolute Gasteiger partial charge is 0.505 e. The standard InChI is InChI=1S/C30H36F4O2/c1-2-3-25(35)21-12-10-20(11-13-21)23-15-14-22(27(31)28(23)32)9-6-18-4-7-19(8-5-18)24-16-17-26(36)30(34)29(24)33/h10,14-19,21,25,35-36H,2-9,11-13H2,1H3. The number of aryl methyl sites for hydroxylation is 1. The van der Waals surface area contributed by atoms with Crippen molar-refractivity contribution in [3.05, 3.63) is 70.3 Å². The van der Waals surface area contributed by atoms with Crippen molar-refractivity contribution >= 4 is 5.57 Å². The number of hydrogen-bond donors (Lipinski definition) is 2. The third-order valence-corrected chi connectivity index (χ3v) is 8.29. The highest BCUT2D eigenvalue weighted by Crippen LogP contribution is 2.40. The molecule has 2 aliphatic rings. The first-order chi connectivity index (χ1) is 17.3. The zero-order valence-electron chi connectivity index (χ0n) is 20.9. The van der Waals surface area contributed by atoms with Crippen LogP contribution < -0.4 is 0 Å². The van der Waals surface area contributed by atoms with Gasteiger partial charge in [0.15, 0.2) is 23.2 Å². The molecule has 2 aromatic rings. The first-order valence-corrected chi connectivity index (χ1v) is 13.3. The minimum Gasteiger partial charge on any atom is -0.505 e. The van der Waals surface area contributed by atoms with E-state index in [2.05, 4.69) is 0 Å². The fraction of sp³-hybridized carbons (Fsp3) is 0.533. The number of aliphatic hydroxyl groups excluding tert-OH is 1. The smallest absolute Gasteiger partial charge is 0.200 e. The van der Waals surface area contributed by atoms with E-state index in [-0.39, 0.29) is 17.9 Å². The number of aromatic hydroxyl groups is 1. The summed E-state index contributed by atoms with van der Waals surface area (Å²) in [6, 6.07) is 6.01. The second-order valence-corrected chi connectivity index (χ2v) is 10.6. The molecule has 0 aliphatic heterocycles. The molecule has 2 atom stereocenters.